The fourth-order valence-electron chi connectivity index (χ4n) is 1.69. The van der Waals surface area contributed by atoms with Crippen molar-refractivity contribution in [3.05, 3.63) is 15.8 Å². The molecule has 0 spiro atoms. The Kier molecular flexibility index (Phi) is 2.88. The van der Waals surface area contributed by atoms with E-state index >= 15 is 0 Å². The van der Waals surface area contributed by atoms with Crippen molar-refractivity contribution in [3.63, 3.8) is 0 Å². The molecule has 16 heavy (non-hydrogen) atoms. The van der Waals surface area contributed by atoms with Crippen LogP contribution in [-0.4, -0.2) is 46.3 Å². The molecule has 1 fully saturated rings. The molecule has 1 aromatic rings. The predicted molar refractivity (Wildman–Crippen MR) is 61.4 cm³/mol. The molecule has 0 radical (unpaired) electrons. The Balaban J connectivity index is 2.14. The second-order valence-corrected chi connectivity index (χ2v) is 5.22. The molecule has 0 bridgehead atoms. The summed E-state index contributed by atoms with van der Waals surface area (Å²) in [6.45, 7) is 2.21. The van der Waals surface area contributed by atoms with E-state index in [2.05, 4.69) is 0 Å². The van der Waals surface area contributed by atoms with Crippen molar-refractivity contribution >= 4 is 22.9 Å². The molecular weight excluding hydrogens is 228 g/mol. The first-order valence-electron chi connectivity index (χ1n) is 5.00. The highest BCUT2D eigenvalue weighted by molar-refractivity contribution is 7.14. The van der Waals surface area contributed by atoms with E-state index in [1.54, 1.807) is 6.07 Å². The standard InChI is InChI=1S/C10H14N2O3S/c1-5-6(11)2-9(16-5)10(15)12-3-7(13)8(14)4-12/h2,7-8,13-14H,3-4,11H2,1H3/t7-,8+. The molecule has 5 nitrogen and oxygen atoms in total. The number of thiophene rings is 1. The molecule has 1 aromatic heterocycles. The lowest BCUT2D eigenvalue weighted by Crippen LogP contribution is -2.29. The lowest BCUT2D eigenvalue weighted by atomic mass is 10.3. The number of aliphatic hydroxyl groups excluding tert-OH is 2. The van der Waals surface area contributed by atoms with Crippen molar-refractivity contribution in [1.82, 2.24) is 4.90 Å². The number of hydrogen-bond donors (Lipinski definition) is 3. The number of nitrogens with zero attached hydrogens (tertiary/aromatic N) is 1. The number of rotatable bonds is 1. The third-order valence-electron chi connectivity index (χ3n) is 2.71. The van der Waals surface area contributed by atoms with Gasteiger partial charge in [0.25, 0.3) is 5.91 Å². The van der Waals surface area contributed by atoms with Crippen LogP contribution in [0.1, 0.15) is 14.5 Å². The van der Waals surface area contributed by atoms with Crippen LogP contribution in [0.5, 0.6) is 0 Å². The average Bonchev–Trinajstić information content (AvgIpc) is 2.72. The van der Waals surface area contributed by atoms with E-state index < -0.39 is 12.2 Å². The molecule has 1 saturated heterocycles. The zero-order valence-corrected chi connectivity index (χ0v) is 9.70. The second-order valence-electron chi connectivity index (χ2n) is 3.97. The number of amides is 1. The van der Waals surface area contributed by atoms with Gasteiger partial charge in [0.2, 0.25) is 0 Å². The van der Waals surface area contributed by atoms with Crippen LogP contribution in [0.4, 0.5) is 5.69 Å². The Morgan fingerprint density at radius 3 is 2.50 bits per heavy atom. The maximum atomic E-state index is 12.0. The molecule has 1 amide bonds. The number of carbonyl (C=O) groups excluding carboxylic acids is 1. The number of aliphatic hydroxyl groups is 2. The maximum Gasteiger partial charge on any atom is 0.264 e. The maximum absolute atomic E-state index is 12.0. The summed E-state index contributed by atoms with van der Waals surface area (Å²) >= 11 is 1.33. The number of nitrogens with two attached hydrogens (primary N) is 1. The minimum absolute atomic E-state index is 0.177. The molecule has 0 saturated carbocycles. The molecule has 2 heterocycles. The third kappa shape index (κ3) is 1.91. The molecule has 2 atom stereocenters. The predicted octanol–water partition coefficient (Wildman–Crippen LogP) is -0.184. The number of carbonyl (C=O) groups is 1. The quantitative estimate of drug-likeness (QED) is 0.637. The van der Waals surface area contributed by atoms with Gasteiger partial charge in [-0.15, -0.1) is 11.3 Å². The number of anilines is 1. The monoisotopic (exact) mass is 242 g/mol. The van der Waals surface area contributed by atoms with E-state index in [1.807, 2.05) is 6.92 Å². The number of likely N-dealkylation sites (tertiary alicyclic amines) is 1. The number of aryl methyl sites for hydroxylation is 1. The summed E-state index contributed by atoms with van der Waals surface area (Å²) in [6, 6.07) is 1.64. The van der Waals surface area contributed by atoms with E-state index in [0.717, 1.165) is 4.88 Å². The molecule has 88 valence electrons. The highest BCUT2D eigenvalue weighted by atomic mass is 32.1. The van der Waals surface area contributed by atoms with Crippen LogP contribution in [0.25, 0.3) is 0 Å². The van der Waals surface area contributed by atoms with Crippen LogP contribution in [0.3, 0.4) is 0 Å². The molecular formula is C10H14N2O3S. The normalized spacial score (nSPS) is 25.1. The van der Waals surface area contributed by atoms with Crippen LogP contribution in [0, 0.1) is 6.92 Å². The van der Waals surface area contributed by atoms with E-state index in [4.69, 9.17) is 5.73 Å². The Morgan fingerprint density at radius 1 is 1.50 bits per heavy atom. The van der Waals surface area contributed by atoms with Crippen molar-refractivity contribution in [2.24, 2.45) is 0 Å². The first kappa shape index (κ1) is 11.4. The van der Waals surface area contributed by atoms with Gasteiger partial charge in [-0.3, -0.25) is 4.79 Å². The third-order valence-corrected chi connectivity index (χ3v) is 3.77. The zero-order valence-electron chi connectivity index (χ0n) is 8.88. The lowest BCUT2D eigenvalue weighted by molar-refractivity contribution is 0.0572. The molecule has 2 rings (SSSR count). The molecule has 4 N–H and O–H groups in total. The summed E-state index contributed by atoms with van der Waals surface area (Å²) in [5.74, 6) is -0.180. The van der Waals surface area contributed by atoms with Crippen LogP contribution in [-0.2, 0) is 0 Å². The molecule has 1 aliphatic heterocycles. The van der Waals surface area contributed by atoms with Gasteiger partial charge < -0.3 is 20.8 Å². The van der Waals surface area contributed by atoms with E-state index in [0.29, 0.717) is 10.6 Å². The van der Waals surface area contributed by atoms with Crippen molar-refractivity contribution in [1.29, 1.82) is 0 Å². The van der Waals surface area contributed by atoms with E-state index in [9.17, 15) is 15.0 Å². The minimum atomic E-state index is -0.845. The Morgan fingerprint density at radius 2 is 2.06 bits per heavy atom. The van der Waals surface area contributed by atoms with Crippen molar-refractivity contribution < 1.29 is 15.0 Å². The molecule has 0 aromatic carbocycles. The summed E-state index contributed by atoms with van der Waals surface area (Å²) in [5, 5.41) is 18.7. The SMILES string of the molecule is Cc1sc(C(=O)N2C[C@@H](O)[C@@H](O)C2)cc1N. The number of hydrogen-bond acceptors (Lipinski definition) is 5. The largest absolute Gasteiger partial charge is 0.398 e. The molecule has 0 unspecified atom stereocenters. The summed E-state index contributed by atoms with van der Waals surface area (Å²) in [7, 11) is 0. The highest BCUT2D eigenvalue weighted by Gasteiger charge is 2.33. The molecule has 6 heteroatoms. The number of nitrogen functional groups attached to an aromatic ring is 1. The number of β-amino-alcohol motifs (C(OH)–C–C–N with tert-alkyl or cyclic N) is 2. The topological polar surface area (TPSA) is 86.8 Å². The van der Waals surface area contributed by atoms with Gasteiger partial charge in [-0.05, 0) is 13.0 Å². The first-order valence-corrected chi connectivity index (χ1v) is 5.82. The van der Waals surface area contributed by atoms with E-state index in [-0.39, 0.29) is 19.0 Å². The zero-order chi connectivity index (χ0) is 11.9. The molecule has 0 aliphatic carbocycles. The van der Waals surface area contributed by atoms with Crippen LogP contribution < -0.4 is 5.73 Å². The fraction of sp³-hybridized carbons (Fsp3) is 0.500. The second kappa shape index (κ2) is 4.04. The van der Waals surface area contributed by atoms with Gasteiger partial charge in [0.1, 0.15) is 0 Å². The first-order chi connectivity index (χ1) is 7.49. The Hall–Kier alpha value is -1.11. The Bertz CT molecular complexity index is 389. The summed E-state index contributed by atoms with van der Waals surface area (Å²) in [4.78, 5) is 14.9. The lowest BCUT2D eigenvalue weighted by Gasteiger charge is -2.13. The van der Waals surface area contributed by atoms with Crippen molar-refractivity contribution in [2.45, 2.75) is 19.1 Å². The fourth-order valence-corrected chi connectivity index (χ4v) is 2.60. The van der Waals surface area contributed by atoms with Gasteiger partial charge in [0.05, 0.1) is 17.1 Å². The van der Waals surface area contributed by atoms with Crippen LogP contribution in [0.2, 0.25) is 0 Å². The van der Waals surface area contributed by atoms with Gasteiger partial charge in [-0.1, -0.05) is 0 Å². The summed E-state index contributed by atoms with van der Waals surface area (Å²) in [6.07, 6.45) is -1.69. The van der Waals surface area contributed by atoms with Gasteiger partial charge in [0.15, 0.2) is 0 Å². The average molecular weight is 242 g/mol. The smallest absolute Gasteiger partial charge is 0.264 e. The van der Waals surface area contributed by atoms with Crippen molar-refractivity contribution in [3.8, 4) is 0 Å². The summed E-state index contributed by atoms with van der Waals surface area (Å²) in [5.41, 5.74) is 6.28. The molecule has 1 aliphatic rings. The van der Waals surface area contributed by atoms with Gasteiger partial charge in [-0.25, -0.2) is 0 Å². The van der Waals surface area contributed by atoms with Gasteiger partial charge in [-0.2, -0.15) is 0 Å². The van der Waals surface area contributed by atoms with Gasteiger partial charge >= 0.3 is 0 Å². The summed E-state index contributed by atoms with van der Waals surface area (Å²) < 4.78 is 0. The minimum Gasteiger partial charge on any atom is -0.398 e. The van der Waals surface area contributed by atoms with Crippen LogP contribution in [0.15, 0.2) is 6.07 Å². The van der Waals surface area contributed by atoms with Gasteiger partial charge in [0, 0.05) is 23.7 Å². The van der Waals surface area contributed by atoms with Crippen molar-refractivity contribution in [2.75, 3.05) is 18.8 Å². The van der Waals surface area contributed by atoms with Crippen LogP contribution >= 0.6 is 11.3 Å². The highest BCUT2D eigenvalue weighted by Crippen LogP contribution is 2.25. The Labute approximate surface area is 97.1 Å². The van der Waals surface area contributed by atoms with E-state index in [1.165, 1.54) is 16.2 Å².